The highest BCUT2D eigenvalue weighted by atomic mass is 16.6. The number of hydrazine groups is 1. The summed E-state index contributed by atoms with van der Waals surface area (Å²) in [6, 6.07) is 4.44. The van der Waals surface area contributed by atoms with E-state index in [1.165, 1.54) is 37.8 Å². The second kappa shape index (κ2) is 9.14. The number of rotatable bonds is 10. The lowest BCUT2D eigenvalue weighted by molar-refractivity contribution is -0.384. The normalized spacial score (nSPS) is 10.3. The topological polar surface area (TPSA) is 90.4 Å². The third kappa shape index (κ3) is 5.88. The maximum Gasteiger partial charge on any atom is 0.275 e. The molecule has 6 heteroatoms. The lowest BCUT2D eigenvalue weighted by Gasteiger charge is -2.08. The molecule has 1 aromatic carbocycles. The molecular formula is C14H23N3O3. The third-order valence-corrected chi connectivity index (χ3v) is 3.04. The van der Waals surface area contributed by atoms with E-state index in [0.717, 1.165) is 12.8 Å². The van der Waals surface area contributed by atoms with Crippen molar-refractivity contribution in [1.82, 2.24) is 0 Å². The van der Waals surface area contributed by atoms with E-state index in [2.05, 4.69) is 12.3 Å². The summed E-state index contributed by atoms with van der Waals surface area (Å²) in [5.74, 6) is 5.76. The molecule has 0 spiro atoms. The molecule has 0 heterocycles. The molecule has 1 rings (SSSR count). The molecule has 0 bridgehead atoms. The van der Waals surface area contributed by atoms with Crippen molar-refractivity contribution in [2.45, 2.75) is 45.4 Å². The van der Waals surface area contributed by atoms with E-state index < -0.39 is 4.92 Å². The van der Waals surface area contributed by atoms with Crippen molar-refractivity contribution in [1.29, 1.82) is 0 Å². The van der Waals surface area contributed by atoms with E-state index in [-0.39, 0.29) is 5.69 Å². The van der Waals surface area contributed by atoms with Crippen LogP contribution in [0.3, 0.4) is 0 Å². The summed E-state index contributed by atoms with van der Waals surface area (Å²) in [5.41, 5.74) is 2.84. The molecule has 0 aliphatic carbocycles. The summed E-state index contributed by atoms with van der Waals surface area (Å²) in [6.45, 7) is 2.76. The number of nitrogens with two attached hydrogens (primary N) is 1. The molecule has 0 unspecified atom stereocenters. The molecule has 1 aromatic rings. The van der Waals surface area contributed by atoms with Gasteiger partial charge in [0.2, 0.25) is 0 Å². The largest absolute Gasteiger partial charge is 0.493 e. The Morgan fingerprint density at radius 1 is 1.20 bits per heavy atom. The Kier molecular flexibility index (Phi) is 7.42. The van der Waals surface area contributed by atoms with Crippen LogP contribution in [0, 0.1) is 10.1 Å². The molecule has 0 saturated carbocycles. The van der Waals surface area contributed by atoms with Gasteiger partial charge >= 0.3 is 0 Å². The van der Waals surface area contributed by atoms with Gasteiger partial charge in [-0.1, -0.05) is 39.0 Å². The average molecular weight is 281 g/mol. The van der Waals surface area contributed by atoms with Crippen LogP contribution in [-0.4, -0.2) is 11.5 Å². The molecule has 112 valence electrons. The summed E-state index contributed by atoms with van der Waals surface area (Å²) >= 11 is 0. The van der Waals surface area contributed by atoms with Crippen LogP contribution in [0.4, 0.5) is 11.4 Å². The first-order valence-electron chi connectivity index (χ1n) is 7.06. The van der Waals surface area contributed by atoms with Gasteiger partial charge in [0.1, 0.15) is 5.75 Å². The van der Waals surface area contributed by atoms with Crippen LogP contribution in [0.2, 0.25) is 0 Å². The van der Waals surface area contributed by atoms with E-state index in [9.17, 15) is 10.1 Å². The summed E-state index contributed by atoms with van der Waals surface area (Å²) in [5, 5.41) is 10.8. The molecule has 6 nitrogen and oxygen atoms in total. The van der Waals surface area contributed by atoms with Gasteiger partial charge < -0.3 is 10.2 Å². The van der Waals surface area contributed by atoms with E-state index in [1.54, 1.807) is 6.07 Å². The van der Waals surface area contributed by atoms with E-state index in [0.29, 0.717) is 18.0 Å². The van der Waals surface area contributed by atoms with Crippen molar-refractivity contribution in [2.24, 2.45) is 5.84 Å². The molecule has 0 atom stereocenters. The number of ether oxygens (including phenoxy) is 1. The Labute approximate surface area is 119 Å². The number of nitrogen functional groups attached to an aromatic ring is 1. The van der Waals surface area contributed by atoms with Crippen LogP contribution in [0.5, 0.6) is 5.75 Å². The Hall–Kier alpha value is -1.82. The summed E-state index contributed by atoms with van der Waals surface area (Å²) in [6.07, 6.45) is 7.06. The fourth-order valence-corrected chi connectivity index (χ4v) is 1.93. The third-order valence-electron chi connectivity index (χ3n) is 3.04. The minimum absolute atomic E-state index is 0.0293. The minimum Gasteiger partial charge on any atom is -0.493 e. The maximum atomic E-state index is 10.8. The first-order chi connectivity index (χ1) is 9.67. The molecule has 20 heavy (non-hydrogen) atoms. The Bertz CT molecular complexity index is 424. The van der Waals surface area contributed by atoms with Crippen molar-refractivity contribution in [2.75, 3.05) is 12.0 Å². The molecule has 0 fully saturated rings. The van der Waals surface area contributed by atoms with Crippen LogP contribution in [0.1, 0.15) is 45.4 Å². The van der Waals surface area contributed by atoms with Crippen LogP contribution >= 0.6 is 0 Å². The molecule has 0 radical (unpaired) electrons. The van der Waals surface area contributed by atoms with Crippen molar-refractivity contribution < 1.29 is 9.66 Å². The number of nitrogens with zero attached hydrogens (tertiary/aromatic N) is 1. The molecule has 0 aromatic heterocycles. The summed E-state index contributed by atoms with van der Waals surface area (Å²) in [4.78, 5) is 10.3. The quantitative estimate of drug-likeness (QED) is 0.296. The highest BCUT2D eigenvalue weighted by Crippen LogP contribution is 2.25. The van der Waals surface area contributed by atoms with Gasteiger partial charge in [-0.3, -0.25) is 16.0 Å². The zero-order valence-corrected chi connectivity index (χ0v) is 11.9. The SMILES string of the molecule is CCCCCCCCOc1cc(NN)cc([N+](=O)[O-])c1. The van der Waals surface area contributed by atoms with E-state index in [4.69, 9.17) is 10.6 Å². The van der Waals surface area contributed by atoms with E-state index >= 15 is 0 Å². The van der Waals surface area contributed by atoms with Crippen LogP contribution in [0.15, 0.2) is 18.2 Å². The second-order valence-corrected chi connectivity index (χ2v) is 4.73. The molecule has 3 N–H and O–H groups in total. The highest BCUT2D eigenvalue weighted by molar-refractivity contribution is 5.55. The number of anilines is 1. The standard InChI is InChI=1S/C14H23N3O3/c1-2-3-4-5-6-7-8-20-14-10-12(16-15)9-13(11-14)17(18)19/h9-11,16H,2-8,15H2,1H3. The van der Waals surface area contributed by atoms with Gasteiger partial charge in [-0.05, 0) is 6.42 Å². The lowest BCUT2D eigenvalue weighted by Crippen LogP contribution is -2.07. The van der Waals surface area contributed by atoms with Crippen molar-refractivity contribution in [3.8, 4) is 5.75 Å². The number of hydrogen-bond acceptors (Lipinski definition) is 5. The molecular weight excluding hydrogens is 258 g/mol. The lowest BCUT2D eigenvalue weighted by atomic mass is 10.1. The van der Waals surface area contributed by atoms with E-state index in [1.807, 2.05) is 0 Å². The van der Waals surface area contributed by atoms with Gasteiger partial charge in [-0.15, -0.1) is 0 Å². The Morgan fingerprint density at radius 2 is 1.90 bits per heavy atom. The van der Waals surface area contributed by atoms with Crippen molar-refractivity contribution >= 4 is 11.4 Å². The highest BCUT2D eigenvalue weighted by Gasteiger charge is 2.10. The predicted molar refractivity (Wildman–Crippen MR) is 79.8 cm³/mol. The summed E-state index contributed by atoms with van der Waals surface area (Å²) < 4.78 is 5.55. The fourth-order valence-electron chi connectivity index (χ4n) is 1.93. The van der Waals surface area contributed by atoms with Gasteiger partial charge in [-0.2, -0.15) is 0 Å². The fraction of sp³-hybridized carbons (Fsp3) is 0.571. The first kappa shape index (κ1) is 16.2. The number of non-ortho nitro benzene ring substituents is 1. The first-order valence-corrected chi connectivity index (χ1v) is 7.06. The monoisotopic (exact) mass is 281 g/mol. The second-order valence-electron chi connectivity index (χ2n) is 4.73. The zero-order chi connectivity index (χ0) is 14.8. The van der Waals surface area contributed by atoms with Crippen LogP contribution in [0.25, 0.3) is 0 Å². The van der Waals surface area contributed by atoms with Gasteiger partial charge in [-0.25, -0.2) is 0 Å². The van der Waals surface area contributed by atoms with Gasteiger partial charge in [0.15, 0.2) is 0 Å². The number of nitro benzene ring substituents is 1. The molecule has 0 amide bonds. The number of benzene rings is 1. The number of unbranched alkanes of at least 4 members (excludes halogenated alkanes) is 5. The number of nitro groups is 1. The number of hydrogen-bond donors (Lipinski definition) is 2. The van der Waals surface area contributed by atoms with Crippen molar-refractivity contribution in [3.63, 3.8) is 0 Å². The van der Waals surface area contributed by atoms with Gasteiger partial charge in [0, 0.05) is 12.1 Å². The van der Waals surface area contributed by atoms with Gasteiger partial charge in [0.25, 0.3) is 5.69 Å². The predicted octanol–water partition coefficient (Wildman–Crippen LogP) is 3.62. The van der Waals surface area contributed by atoms with Crippen molar-refractivity contribution in [3.05, 3.63) is 28.3 Å². The molecule has 0 aliphatic rings. The van der Waals surface area contributed by atoms with Gasteiger partial charge in [0.05, 0.1) is 23.3 Å². The smallest absolute Gasteiger partial charge is 0.275 e. The van der Waals surface area contributed by atoms with Crippen LogP contribution in [-0.2, 0) is 0 Å². The average Bonchev–Trinajstić information content (AvgIpc) is 2.46. The molecule has 0 aliphatic heterocycles. The van der Waals surface area contributed by atoms with Crippen LogP contribution < -0.4 is 16.0 Å². The Balaban J connectivity index is 2.39. The summed E-state index contributed by atoms with van der Waals surface area (Å²) in [7, 11) is 0. The maximum absolute atomic E-state index is 10.8. The zero-order valence-electron chi connectivity index (χ0n) is 11.9. The minimum atomic E-state index is -0.460. The molecule has 0 saturated heterocycles. The number of nitrogens with one attached hydrogen (secondary N) is 1. The Morgan fingerprint density at radius 3 is 2.55 bits per heavy atom.